The molecule has 17 heavy (non-hydrogen) atoms. The summed E-state index contributed by atoms with van der Waals surface area (Å²) in [7, 11) is 1.95. The van der Waals surface area contributed by atoms with E-state index in [1.807, 2.05) is 35.7 Å². The largest absolute Gasteiger partial charge is 0.324 e. The SMILES string of the molecule is CCC(N)c1cnn(Cc2cc(C)nn2C)c1. The molecule has 0 fully saturated rings. The van der Waals surface area contributed by atoms with Gasteiger partial charge < -0.3 is 5.73 Å². The lowest BCUT2D eigenvalue weighted by atomic mass is 10.1. The quantitative estimate of drug-likeness (QED) is 0.868. The van der Waals surface area contributed by atoms with Gasteiger partial charge in [0.15, 0.2) is 0 Å². The molecule has 1 atom stereocenters. The summed E-state index contributed by atoms with van der Waals surface area (Å²) in [6.45, 7) is 4.80. The highest BCUT2D eigenvalue weighted by molar-refractivity contribution is 5.12. The van der Waals surface area contributed by atoms with Gasteiger partial charge in [-0.3, -0.25) is 9.36 Å². The van der Waals surface area contributed by atoms with Crippen molar-refractivity contribution in [2.75, 3.05) is 0 Å². The van der Waals surface area contributed by atoms with E-state index in [9.17, 15) is 0 Å². The molecule has 0 spiro atoms. The van der Waals surface area contributed by atoms with Gasteiger partial charge in [-0.25, -0.2) is 0 Å². The van der Waals surface area contributed by atoms with Gasteiger partial charge in [0.05, 0.1) is 24.1 Å². The molecule has 0 bridgehead atoms. The summed E-state index contributed by atoms with van der Waals surface area (Å²) in [5.74, 6) is 0. The molecule has 92 valence electrons. The van der Waals surface area contributed by atoms with Gasteiger partial charge in [0.2, 0.25) is 0 Å². The van der Waals surface area contributed by atoms with Crippen molar-refractivity contribution in [2.24, 2.45) is 12.8 Å². The van der Waals surface area contributed by atoms with E-state index >= 15 is 0 Å². The average molecular weight is 233 g/mol. The van der Waals surface area contributed by atoms with Crippen LogP contribution >= 0.6 is 0 Å². The first kappa shape index (κ1) is 11.9. The van der Waals surface area contributed by atoms with Crippen LogP contribution in [0.15, 0.2) is 18.5 Å². The number of aromatic nitrogens is 4. The molecule has 5 heteroatoms. The van der Waals surface area contributed by atoms with E-state index in [0.29, 0.717) is 0 Å². The van der Waals surface area contributed by atoms with E-state index in [4.69, 9.17) is 5.73 Å². The summed E-state index contributed by atoms with van der Waals surface area (Å²) >= 11 is 0. The van der Waals surface area contributed by atoms with Gasteiger partial charge in [-0.05, 0) is 19.4 Å². The number of rotatable bonds is 4. The summed E-state index contributed by atoms with van der Waals surface area (Å²) in [5, 5.41) is 8.64. The second-order valence-corrected chi connectivity index (χ2v) is 4.39. The van der Waals surface area contributed by atoms with Crippen LogP contribution in [0, 0.1) is 6.92 Å². The zero-order valence-corrected chi connectivity index (χ0v) is 10.6. The van der Waals surface area contributed by atoms with Crippen LogP contribution < -0.4 is 5.73 Å². The predicted octanol–water partition coefficient (Wildman–Crippen LogP) is 1.38. The lowest BCUT2D eigenvalue weighted by Gasteiger charge is -2.04. The third-order valence-electron chi connectivity index (χ3n) is 2.94. The van der Waals surface area contributed by atoms with E-state index in [2.05, 4.69) is 23.2 Å². The first-order chi connectivity index (χ1) is 8.10. The van der Waals surface area contributed by atoms with E-state index in [0.717, 1.165) is 29.9 Å². The highest BCUT2D eigenvalue weighted by atomic mass is 15.3. The van der Waals surface area contributed by atoms with Gasteiger partial charge in [0.25, 0.3) is 0 Å². The van der Waals surface area contributed by atoms with E-state index in [-0.39, 0.29) is 6.04 Å². The number of aryl methyl sites for hydroxylation is 2. The van der Waals surface area contributed by atoms with Crippen molar-refractivity contribution in [3.63, 3.8) is 0 Å². The van der Waals surface area contributed by atoms with Gasteiger partial charge >= 0.3 is 0 Å². The van der Waals surface area contributed by atoms with E-state index in [1.54, 1.807) is 0 Å². The normalized spacial score (nSPS) is 12.9. The Kier molecular flexibility index (Phi) is 3.28. The van der Waals surface area contributed by atoms with Crippen LogP contribution in [-0.4, -0.2) is 19.6 Å². The van der Waals surface area contributed by atoms with Crippen LogP contribution in [0.4, 0.5) is 0 Å². The Morgan fingerprint density at radius 3 is 2.82 bits per heavy atom. The molecule has 5 nitrogen and oxygen atoms in total. The van der Waals surface area contributed by atoms with Crippen LogP contribution in [-0.2, 0) is 13.6 Å². The Labute approximate surface area is 101 Å². The lowest BCUT2D eigenvalue weighted by molar-refractivity contribution is 0.616. The topological polar surface area (TPSA) is 61.7 Å². The standard InChI is InChI=1S/C12H19N5/c1-4-12(13)10-6-14-17(7-10)8-11-5-9(2)15-16(11)3/h5-7,12H,4,8,13H2,1-3H3. The minimum Gasteiger partial charge on any atom is -0.324 e. The van der Waals surface area contributed by atoms with Gasteiger partial charge in [-0.1, -0.05) is 6.92 Å². The van der Waals surface area contributed by atoms with Crippen LogP contribution in [0.25, 0.3) is 0 Å². The highest BCUT2D eigenvalue weighted by Gasteiger charge is 2.08. The zero-order valence-electron chi connectivity index (χ0n) is 10.6. The molecule has 2 heterocycles. The molecule has 0 aliphatic carbocycles. The maximum Gasteiger partial charge on any atom is 0.0828 e. The summed E-state index contributed by atoms with van der Waals surface area (Å²) in [5.41, 5.74) is 9.22. The monoisotopic (exact) mass is 233 g/mol. The minimum absolute atomic E-state index is 0.0806. The van der Waals surface area contributed by atoms with Crippen molar-refractivity contribution in [3.8, 4) is 0 Å². The van der Waals surface area contributed by atoms with Crippen LogP contribution in [0.1, 0.15) is 36.3 Å². The zero-order chi connectivity index (χ0) is 12.4. The fourth-order valence-electron chi connectivity index (χ4n) is 1.87. The molecule has 2 rings (SSSR count). The third-order valence-corrected chi connectivity index (χ3v) is 2.94. The second kappa shape index (κ2) is 4.71. The fourth-order valence-corrected chi connectivity index (χ4v) is 1.87. The Balaban J connectivity index is 2.14. The Bertz CT molecular complexity index is 497. The third kappa shape index (κ3) is 2.55. The molecule has 0 radical (unpaired) electrons. The van der Waals surface area contributed by atoms with Crippen molar-refractivity contribution in [1.82, 2.24) is 19.6 Å². The first-order valence-corrected chi connectivity index (χ1v) is 5.87. The molecule has 2 aromatic heterocycles. The second-order valence-electron chi connectivity index (χ2n) is 4.39. The molecule has 1 unspecified atom stereocenters. The van der Waals surface area contributed by atoms with Gasteiger partial charge in [0, 0.05) is 24.8 Å². The maximum absolute atomic E-state index is 5.96. The number of hydrogen-bond donors (Lipinski definition) is 1. The molecule has 2 aromatic rings. The van der Waals surface area contributed by atoms with Crippen LogP contribution in [0.3, 0.4) is 0 Å². The molecule has 0 aromatic carbocycles. The van der Waals surface area contributed by atoms with Gasteiger partial charge in [-0.15, -0.1) is 0 Å². The summed E-state index contributed by atoms with van der Waals surface area (Å²) in [4.78, 5) is 0. The molecule has 0 aliphatic heterocycles. The van der Waals surface area contributed by atoms with Crippen LogP contribution in [0.2, 0.25) is 0 Å². The molecule has 0 aliphatic rings. The van der Waals surface area contributed by atoms with Crippen molar-refractivity contribution < 1.29 is 0 Å². The summed E-state index contributed by atoms with van der Waals surface area (Å²) in [6, 6.07) is 2.15. The van der Waals surface area contributed by atoms with Gasteiger partial charge in [-0.2, -0.15) is 10.2 Å². The van der Waals surface area contributed by atoms with Crippen molar-refractivity contribution >= 4 is 0 Å². The Morgan fingerprint density at radius 1 is 1.47 bits per heavy atom. The minimum atomic E-state index is 0.0806. The number of hydrogen-bond acceptors (Lipinski definition) is 3. The smallest absolute Gasteiger partial charge is 0.0828 e. The summed E-state index contributed by atoms with van der Waals surface area (Å²) in [6.07, 6.45) is 4.78. The Morgan fingerprint density at radius 2 is 2.24 bits per heavy atom. The van der Waals surface area contributed by atoms with Crippen molar-refractivity contribution in [2.45, 2.75) is 32.9 Å². The lowest BCUT2D eigenvalue weighted by Crippen LogP contribution is -2.08. The first-order valence-electron chi connectivity index (χ1n) is 5.87. The number of nitrogens with zero attached hydrogens (tertiary/aromatic N) is 4. The van der Waals surface area contributed by atoms with E-state index < -0.39 is 0 Å². The molecule has 0 saturated carbocycles. The molecule has 0 saturated heterocycles. The molecular formula is C12H19N5. The molecular weight excluding hydrogens is 214 g/mol. The molecule has 0 amide bonds. The van der Waals surface area contributed by atoms with Crippen molar-refractivity contribution in [3.05, 3.63) is 35.4 Å². The average Bonchev–Trinajstić information content (AvgIpc) is 2.86. The van der Waals surface area contributed by atoms with E-state index in [1.165, 1.54) is 0 Å². The predicted molar refractivity (Wildman–Crippen MR) is 66.5 cm³/mol. The van der Waals surface area contributed by atoms with Gasteiger partial charge in [0.1, 0.15) is 0 Å². The fraction of sp³-hybridized carbons (Fsp3) is 0.500. The molecule has 2 N–H and O–H groups in total. The highest BCUT2D eigenvalue weighted by Crippen LogP contribution is 2.13. The Hall–Kier alpha value is -1.62. The van der Waals surface area contributed by atoms with Crippen LogP contribution in [0.5, 0.6) is 0 Å². The maximum atomic E-state index is 5.96. The number of nitrogens with two attached hydrogens (primary N) is 1. The summed E-state index contributed by atoms with van der Waals surface area (Å²) < 4.78 is 3.79. The van der Waals surface area contributed by atoms with Crippen molar-refractivity contribution in [1.29, 1.82) is 0 Å².